The number of hydrogen-bond acceptors (Lipinski definition) is 3. The van der Waals surface area contributed by atoms with Crippen molar-refractivity contribution in [3.05, 3.63) is 60.2 Å². The highest BCUT2D eigenvalue weighted by molar-refractivity contribution is 5.94. The molecule has 1 aliphatic rings. The number of nitrogens with one attached hydrogen (secondary N) is 1. The van der Waals surface area contributed by atoms with Gasteiger partial charge in [-0.25, -0.2) is 0 Å². The van der Waals surface area contributed by atoms with Crippen molar-refractivity contribution in [2.24, 2.45) is 0 Å². The number of carbonyl (C=O) groups excluding carboxylic acids is 1. The Morgan fingerprint density at radius 3 is 2.36 bits per heavy atom. The fraction of sp³-hybridized carbons (Fsp3) is 0.381. The van der Waals surface area contributed by atoms with Crippen molar-refractivity contribution in [2.75, 3.05) is 20.1 Å². The van der Waals surface area contributed by atoms with E-state index in [9.17, 15) is 4.79 Å². The van der Waals surface area contributed by atoms with Gasteiger partial charge >= 0.3 is 0 Å². The Balaban J connectivity index is 1.45. The third kappa shape index (κ3) is 5.07. The lowest BCUT2D eigenvalue weighted by atomic mass is 10.2. The molecule has 1 saturated carbocycles. The maximum atomic E-state index is 12.2. The maximum Gasteiger partial charge on any atom is 0.251 e. The van der Waals surface area contributed by atoms with Crippen molar-refractivity contribution < 1.29 is 9.53 Å². The molecule has 3 rings (SSSR count). The van der Waals surface area contributed by atoms with Crippen LogP contribution in [0.5, 0.6) is 11.5 Å². The molecule has 2 aromatic carbocycles. The Labute approximate surface area is 149 Å². The second-order valence-corrected chi connectivity index (χ2v) is 6.61. The number of rotatable bonds is 7. The van der Waals surface area contributed by atoms with Crippen molar-refractivity contribution in [2.45, 2.75) is 31.7 Å². The van der Waals surface area contributed by atoms with Crippen LogP contribution in [0.2, 0.25) is 0 Å². The summed E-state index contributed by atoms with van der Waals surface area (Å²) >= 11 is 0. The topological polar surface area (TPSA) is 41.6 Å². The molecule has 25 heavy (non-hydrogen) atoms. The zero-order valence-electron chi connectivity index (χ0n) is 14.8. The van der Waals surface area contributed by atoms with Crippen LogP contribution in [0.4, 0.5) is 0 Å². The number of para-hydroxylation sites is 1. The lowest BCUT2D eigenvalue weighted by molar-refractivity contribution is 0.0947. The Morgan fingerprint density at radius 1 is 1.04 bits per heavy atom. The lowest BCUT2D eigenvalue weighted by Crippen LogP contribution is -2.37. The van der Waals surface area contributed by atoms with Gasteiger partial charge in [-0.05, 0) is 56.3 Å². The summed E-state index contributed by atoms with van der Waals surface area (Å²) < 4.78 is 5.74. The van der Waals surface area contributed by atoms with Crippen molar-refractivity contribution >= 4 is 5.91 Å². The van der Waals surface area contributed by atoms with E-state index in [4.69, 9.17) is 4.74 Å². The van der Waals surface area contributed by atoms with Crippen LogP contribution in [0.15, 0.2) is 54.6 Å². The predicted molar refractivity (Wildman–Crippen MR) is 100 cm³/mol. The normalized spacial score (nSPS) is 14.6. The van der Waals surface area contributed by atoms with Crippen molar-refractivity contribution in [1.29, 1.82) is 0 Å². The summed E-state index contributed by atoms with van der Waals surface area (Å²) in [5, 5.41) is 3.00. The van der Waals surface area contributed by atoms with E-state index >= 15 is 0 Å². The van der Waals surface area contributed by atoms with Gasteiger partial charge in [0.1, 0.15) is 11.5 Å². The molecule has 0 aliphatic heterocycles. The van der Waals surface area contributed by atoms with E-state index in [1.54, 1.807) is 12.1 Å². The van der Waals surface area contributed by atoms with E-state index in [2.05, 4.69) is 17.3 Å². The molecule has 0 heterocycles. The molecular formula is C21H26N2O2. The fourth-order valence-electron chi connectivity index (χ4n) is 3.27. The van der Waals surface area contributed by atoms with Gasteiger partial charge in [-0.3, -0.25) is 4.79 Å². The largest absolute Gasteiger partial charge is 0.457 e. The van der Waals surface area contributed by atoms with Gasteiger partial charge in [-0.15, -0.1) is 0 Å². The minimum absolute atomic E-state index is 0.0360. The summed E-state index contributed by atoms with van der Waals surface area (Å²) in [5.74, 6) is 1.48. The molecule has 0 radical (unpaired) electrons. The van der Waals surface area contributed by atoms with E-state index in [1.807, 2.05) is 42.5 Å². The third-order valence-corrected chi connectivity index (χ3v) is 4.79. The average molecular weight is 338 g/mol. The molecule has 4 nitrogen and oxygen atoms in total. The van der Waals surface area contributed by atoms with Gasteiger partial charge in [0.25, 0.3) is 5.91 Å². The van der Waals surface area contributed by atoms with Crippen LogP contribution in [0.1, 0.15) is 36.0 Å². The van der Waals surface area contributed by atoms with Gasteiger partial charge < -0.3 is 15.0 Å². The summed E-state index contributed by atoms with van der Waals surface area (Å²) in [6.45, 7) is 1.57. The SMILES string of the molecule is CN(CCNC(=O)c1ccc(Oc2ccccc2)cc1)C1CCCC1. The highest BCUT2D eigenvalue weighted by Gasteiger charge is 2.19. The Hall–Kier alpha value is -2.33. The summed E-state index contributed by atoms with van der Waals surface area (Å²) in [4.78, 5) is 14.6. The molecule has 4 heteroatoms. The minimum atomic E-state index is -0.0360. The number of benzene rings is 2. The number of hydrogen-bond donors (Lipinski definition) is 1. The summed E-state index contributed by atoms with van der Waals surface area (Å²) in [6, 6.07) is 17.6. The van der Waals surface area contributed by atoms with Crippen LogP contribution in [0.25, 0.3) is 0 Å². The quantitative estimate of drug-likeness (QED) is 0.827. The average Bonchev–Trinajstić information content (AvgIpc) is 3.18. The first-order chi connectivity index (χ1) is 12.2. The molecule has 2 aromatic rings. The summed E-state index contributed by atoms with van der Waals surface area (Å²) in [5.41, 5.74) is 0.656. The predicted octanol–water partition coefficient (Wildman–Crippen LogP) is 4.08. The number of nitrogens with zero attached hydrogens (tertiary/aromatic N) is 1. The molecular weight excluding hydrogens is 312 g/mol. The number of amides is 1. The van der Waals surface area contributed by atoms with Gasteiger partial charge in [-0.1, -0.05) is 31.0 Å². The van der Waals surface area contributed by atoms with Crippen LogP contribution in [-0.2, 0) is 0 Å². The molecule has 0 saturated heterocycles. The van der Waals surface area contributed by atoms with E-state index in [0.29, 0.717) is 18.2 Å². The number of ether oxygens (including phenoxy) is 1. The molecule has 0 aromatic heterocycles. The molecule has 1 amide bonds. The van der Waals surface area contributed by atoms with Crippen molar-refractivity contribution in [3.8, 4) is 11.5 Å². The van der Waals surface area contributed by atoms with E-state index < -0.39 is 0 Å². The second kappa shape index (κ2) is 8.67. The van der Waals surface area contributed by atoms with E-state index in [-0.39, 0.29) is 5.91 Å². The first kappa shape index (κ1) is 17.5. The molecule has 132 valence electrons. The summed E-state index contributed by atoms with van der Waals surface area (Å²) in [7, 11) is 2.15. The first-order valence-electron chi connectivity index (χ1n) is 9.04. The third-order valence-electron chi connectivity index (χ3n) is 4.79. The van der Waals surface area contributed by atoms with Crippen LogP contribution < -0.4 is 10.1 Å². The molecule has 0 spiro atoms. The molecule has 0 unspecified atom stereocenters. The van der Waals surface area contributed by atoms with Crippen molar-refractivity contribution in [1.82, 2.24) is 10.2 Å². The smallest absolute Gasteiger partial charge is 0.251 e. The van der Waals surface area contributed by atoms with Gasteiger partial charge in [0.05, 0.1) is 0 Å². The monoisotopic (exact) mass is 338 g/mol. The highest BCUT2D eigenvalue weighted by atomic mass is 16.5. The Kier molecular flexibility index (Phi) is 6.07. The van der Waals surface area contributed by atoms with Crippen LogP contribution in [-0.4, -0.2) is 37.0 Å². The first-order valence-corrected chi connectivity index (χ1v) is 9.04. The number of carbonyl (C=O) groups is 1. The fourth-order valence-corrected chi connectivity index (χ4v) is 3.27. The molecule has 0 atom stereocenters. The lowest BCUT2D eigenvalue weighted by Gasteiger charge is -2.23. The van der Waals surface area contributed by atoms with Gasteiger partial charge in [-0.2, -0.15) is 0 Å². The van der Waals surface area contributed by atoms with Gasteiger partial charge in [0, 0.05) is 24.7 Å². The van der Waals surface area contributed by atoms with Gasteiger partial charge in [0.2, 0.25) is 0 Å². The van der Waals surface area contributed by atoms with Crippen LogP contribution in [0.3, 0.4) is 0 Å². The molecule has 1 aliphatic carbocycles. The van der Waals surface area contributed by atoms with Crippen LogP contribution >= 0.6 is 0 Å². The summed E-state index contributed by atoms with van der Waals surface area (Å²) in [6.07, 6.45) is 5.23. The standard InChI is InChI=1S/C21H26N2O2/c1-23(18-7-5-6-8-18)16-15-22-21(24)17-11-13-20(14-12-17)25-19-9-3-2-4-10-19/h2-4,9-14,18H,5-8,15-16H2,1H3,(H,22,24). The minimum Gasteiger partial charge on any atom is -0.457 e. The van der Waals surface area contributed by atoms with Gasteiger partial charge in [0.15, 0.2) is 0 Å². The van der Waals surface area contributed by atoms with Crippen molar-refractivity contribution in [3.63, 3.8) is 0 Å². The second-order valence-electron chi connectivity index (χ2n) is 6.61. The van der Waals surface area contributed by atoms with Crippen LogP contribution in [0, 0.1) is 0 Å². The maximum absolute atomic E-state index is 12.2. The molecule has 1 N–H and O–H groups in total. The Bertz CT molecular complexity index is 664. The Morgan fingerprint density at radius 2 is 1.68 bits per heavy atom. The van der Waals surface area contributed by atoms with E-state index in [0.717, 1.165) is 18.0 Å². The van der Waals surface area contributed by atoms with E-state index in [1.165, 1.54) is 25.7 Å². The zero-order valence-corrected chi connectivity index (χ0v) is 14.8. The molecule has 0 bridgehead atoms. The number of likely N-dealkylation sites (N-methyl/N-ethyl adjacent to an activating group) is 1. The highest BCUT2D eigenvalue weighted by Crippen LogP contribution is 2.22. The zero-order chi connectivity index (χ0) is 17.5. The molecule has 1 fully saturated rings.